The second-order valence-corrected chi connectivity index (χ2v) is 7.64. The number of anilines is 1. The van der Waals surface area contributed by atoms with E-state index in [4.69, 9.17) is 10.5 Å². The molecule has 1 heterocycles. The standard InChI is InChI=1S/C25H29N3O2/c1-4-17(2)15-20-7-5-6-8-23(20)30-21-12-10-19(11-13-21)16-27-25(29)22-14-9-18(3)28-24(22)26/h5-14,17H,4,15-16H2,1-3H3,(H2,26,28)(H,27,29). The van der Waals surface area contributed by atoms with Crippen molar-refractivity contribution in [1.82, 2.24) is 10.3 Å². The minimum atomic E-state index is -0.237. The Bertz CT molecular complexity index is 1000. The van der Waals surface area contributed by atoms with Gasteiger partial charge in [-0.25, -0.2) is 4.98 Å². The number of nitrogens with two attached hydrogens (primary N) is 1. The van der Waals surface area contributed by atoms with Gasteiger partial charge >= 0.3 is 0 Å². The topological polar surface area (TPSA) is 77.2 Å². The summed E-state index contributed by atoms with van der Waals surface area (Å²) in [5, 5.41) is 2.88. The van der Waals surface area contributed by atoms with Gasteiger partial charge in [-0.2, -0.15) is 0 Å². The van der Waals surface area contributed by atoms with Crippen LogP contribution >= 0.6 is 0 Å². The van der Waals surface area contributed by atoms with Gasteiger partial charge < -0.3 is 15.8 Å². The molecule has 1 aromatic heterocycles. The third kappa shape index (κ3) is 5.60. The maximum atomic E-state index is 12.4. The van der Waals surface area contributed by atoms with Crippen LogP contribution in [0.5, 0.6) is 11.5 Å². The zero-order valence-corrected chi connectivity index (χ0v) is 17.8. The number of nitrogens with one attached hydrogen (secondary N) is 1. The van der Waals surface area contributed by atoms with E-state index in [2.05, 4.69) is 30.2 Å². The molecule has 3 N–H and O–H groups in total. The number of ether oxygens (including phenoxy) is 1. The van der Waals surface area contributed by atoms with Crippen molar-refractivity contribution in [2.75, 3.05) is 5.73 Å². The van der Waals surface area contributed by atoms with Crippen molar-refractivity contribution < 1.29 is 9.53 Å². The Labute approximate surface area is 178 Å². The number of pyridine rings is 1. The van der Waals surface area contributed by atoms with E-state index in [1.807, 2.05) is 49.4 Å². The minimum absolute atomic E-state index is 0.237. The van der Waals surface area contributed by atoms with Crippen LogP contribution in [0.3, 0.4) is 0 Å². The van der Waals surface area contributed by atoms with Gasteiger partial charge in [0.2, 0.25) is 0 Å². The van der Waals surface area contributed by atoms with Crippen molar-refractivity contribution in [3.05, 3.63) is 83.0 Å². The Kier molecular flexibility index (Phi) is 7.07. The summed E-state index contributed by atoms with van der Waals surface area (Å²) in [6.45, 7) is 6.69. The van der Waals surface area contributed by atoms with Gasteiger partial charge in [-0.05, 0) is 60.7 Å². The summed E-state index contributed by atoms with van der Waals surface area (Å²) in [4.78, 5) is 16.5. The van der Waals surface area contributed by atoms with Crippen molar-refractivity contribution in [3.63, 3.8) is 0 Å². The van der Waals surface area contributed by atoms with Crippen LogP contribution in [-0.4, -0.2) is 10.9 Å². The number of carbonyl (C=O) groups excluding carboxylic acids is 1. The number of aryl methyl sites for hydroxylation is 1. The van der Waals surface area contributed by atoms with Gasteiger partial charge in [-0.3, -0.25) is 4.79 Å². The third-order valence-electron chi connectivity index (χ3n) is 5.15. The second kappa shape index (κ2) is 9.92. The van der Waals surface area contributed by atoms with Gasteiger partial charge in [0.15, 0.2) is 0 Å². The molecule has 3 aromatic rings. The number of rotatable bonds is 8. The molecular weight excluding hydrogens is 374 g/mol. The molecule has 0 spiro atoms. The van der Waals surface area contributed by atoms with Crippen molar-refractivity contribution in [3.8, 4) is 11.5 Å². The molecule has 1 amide bonds. The fourth-order valence-corrected chi connectivity index (χ4v) is 3.14. The number of nitrogens with zero attached hydrogens (tertiary/aromatic N) is 1. The number of benzene rings is 2. The highest BCUT2D eigenvalue weighted by atomic mass is 16.5. The Hall–Kier alpha value is -3.34. The summed E-state index contributed by atoms with van der Waals surface area (Å²) in [5.74, 6) is 2.28. The number of amides is 1. The van der Waals surface area contributed by atoms with E-state index in [0.29, 0.717) is 18.0 Å². The van der Waals surface area contributed by atoms with Crippen LogP contribution in [0.1, 0.15) is 47.4 Å². The molecule has 0 saturated carbocycles. The van der Waals surface area contributed by atoms with Crippen LogP contribution in [0.2, 0.25) is 0 Å². The van der Waals surface area contributed by atoms with Crippen molar-refractivity contribution in [1.29, 1.82) is 0 Å². The number of para-hydroxylation sites is 1. The summed E-state index contributed by atoms with van der Waals surface area (Å²) in [6, 6.07) is 19.4. The monoisotopic (exact) mass is 403 g/mol. The van der Waals surface area contributed by atoms with Gasteiger partial charge in [0, 0.05) is 12.2 Å². The fraction of sp³-hybridized carbons (Fsp3) is 0.280. The summed E-state index contributed by atoms with van der Waals surface area (Å²) >= 11 is 0. The van der Waals surface area contributed by atoms with Crippen molar-refractivity contribution in [2.45, 2.75) is 40.2 Å². The highest BCUT2D eigenvalue weighted by molar-refractivity contribution is 5.98. The fourth-order valence-electron chi connectivity index (χ4n) is 3.14. The number of carbonyl (C=O) groups is 1. The molecule has 0 aliphatic rings. The first-order chi connectivity index (χ1) is 14.5. The largest absolute Gasteiger partial charge is 0.457 e. The van der Waals surface area contributed by atoms with Gasteiger partial charge in [0.25, 0.3) is 5.91 Å². The minimum Gasteiger partial charge on any atom is -0.457 e. The molecule has 0 aliphatic heterocycles. The second-order valence-electron chi connectivity index (χ2n) is 7.64. The molecule has 5 nitrogen and oxygen atoms in total. The van der Waals surface area contributed by atoms with Gasteiger partial charge in [-0.1, -0.05) is 50.6 Å². The Morgan fingerprint density at radius 3 is 2.53 bits per heavy atom. The smallest absolute Gasteiger partial charge is 0.255 e. The molecule has 30 heavy (non-hydrogen) atoms. The normalized spacial score (nSPS) is 11.7. The predicted octanol–water partition coefficient (Wildman–Crippen LogP) is 5.28. The van der Waals surface area contributed by atoms with E-state index in [-0.39, 0.29) is 11.7 Å². The highest BCUT2D eigenvalue weighted by Crippen LogP contribution is 2.28. The first-order valence-corrected chi connectivity index (χ1v) is 10.3. The Morgan fingerprint density at radius 2 is 1.83 bits per heavy atom. The van der Waals surface area contributed by atoms with E-state index < -0.39 is 0 Å². The average Bonchev–Trinajstić information content (AvgIpc) is 2.74. The first kappa shape index (κ1) is 21.4. The lowest BCUT2D eigenvalue weighted by Crippen LogP contribution is -2.24. The summed E-state index contributed by atoms with van der Waals surface area (Å²) in [7, 11) is 0. The number of hydrogen-bond acceptors (Lipinski definition) is 4. The molecule has 0 aliphatic carbocycles. The lowest BCUT2D eigenvalue weighted by molar-refractivity contribution is 0.0951. The molecule has 1 unspecified atom stereocenters. The van der Waals surface area contributed by atoms with Crippen molar-refractivity contribution >= 4 is 11.7 Å². The molecule has 5 heteroatoms. The predicted molar refractivity (Wildman–Crippen MR) is 121 cm³/mol. The highest BCUT2D eigenvalue weighted by Gasteiger charge is 2.11. The summed E-state index contributed by atoms with van der Waals surface area (Å²) in [5.41, 5.74) is 9.21. The number of hydrogen-bond donors (Lipinski definition) is 2. The lowest BCUT2D eigenvalue weighted by Gasteiger charge is -2.14. The quantitative estimate of drug-likeness (QED) is 0.536. The van der Waals surface area contributed by atoms with Gasteiger partial charge in [0.1, 0.15) is 17.3 Å². The maximum Gasteiger partial charge on any atom is 0.255 e. The van der Waals surface area contributed by atoms with Crippen LogP contribution in [-0.2, 0) is 13.0 Å². The summed E-state index contributed by atoms with van der Waals surface area (Å²) < 4.78 is 6.12. The van der Waals surface area contributed by atoms with E-state index in [1.165, 1.54) is 5.56 Å². The average molecular weight is 404 g/mol. The molecule has 0 saturated heterocycles. The first-order valence-electron chi connectivity index (χ1n) is 10.3. The van der Waals surface area contributed by atoms with E-state index in [0.717, 1.165) is 35.6 Å². The molecule has 0 radical (unpaired) electrons. The van der Waals surface area contributed by atoms with Gasteiger partial charge in [0.05, 0.1) is 5.56 Å². The van der Waals surface area contributed by atoms with E-state index in [9.17, 15) is 4.79 Å². The molecule has 156 valence electrons. The molecular formula is C25H29N3O2. The van der Waals surface area contributed by atoms with E-state index in [1.54, 1.807) is 12.1 Å². The summed E-state index contributed by atoms with van der Waals surface area (Å²) in [6.07, 6.45) is 2.13. The maximum absolute atomic E-state index is 12.4. The molecule has 0 fully saturated rings. The van der Waals surface area contributed by atoms with Crippen LogP contribution in [0.4, 0.5) is 5.82 Å². The molecule has 3 rings (SSSR count). The zero-order chi connectivity index (χ0) is 21.5. The van der Waals surface area contributed by atoms with Crippen LogP contribution in [0.15, 0.2) is 60.7 Å². The third-order valence-corrected chi connectivity index (χ3v) is 5.15. The SMILES string of the molecule is CCC(C)Cc1ccccc1Oc1ccc(CNC(=O)c2ccc(C)nc2N)cc1. The van der Waals surface area contributed by atoms with Crippen LogP contribution < -0.4 is 15.8 Å². The van der Waals surface area contributed by atoms with Gasteiger partial charge in [-0.15, -0.1) is 0 Å². The van der Waals surface area contributed by atoms with Crippen molar-refractivity contribution in [2.24, 2.45) is 5.92 Å². The zero-order valence-electron chi connectivity index (χ0n) is 17.8. The Morgan fingerprint density at radius 1 is 1.10 bits per heavy atom. The molecule has 2 aromatic carbocycles. The lowest BCUT2D eigenvalue weighted by atomic mass is 9.98. The molecule has 1 atom stereocenters. The van der Waals surface area contributed by atoms with Crippen LogP contribution in [0, 0.1) is 12.8 Å². The van der Waals surface area contributed by atoms with E-state index >= 15 is 0 Å². The van der Waals surface area contributed by atoms with Crippen LogP contribution in [0.25, 0.3) is 0 Å². The number of nitrogen functional groups attached to an aromatic ring is 1. The Balaban J connectivity index is 1.61. The molecule has 0 bridgehead atoms. The number of aromatic nitrogens is 1.